The maximum Gasteiger partial charge on any atom is 0.255 e. The number of carbonyl (C=O) groups excluding carboxylic acids is 1. The molecule has 0 aliphatic carbocycles. The second-order valence-corrected chi connectivity index (χ2v) is 6.68. The molecule has 0 radical (unpaired) electrons. The first-order valence-electron chi connectivity index (χ1n) is 5.30. The van der Waals surface area contributed by atoms with Gasteiger partial charge in [-0.05, 0) is 62.2 Å². The van der Waals surface area contributed by atoms with Gasteiger partial charge < -0.3 is 5.32 Å². The van der Waals surface area contributed by atoms with Crippen molar-refractivity contribution in [2.75, 3.05) is 5.32 Å². The van der Waals surface area contributed by atoms with Crippen molar-refractivity contribution in [3.05, 3.63) is 59.9 Å². The number of anilines is 1. The lowest BCUT2D eigenvalue weighted by atomic mass is 10.2. The zero-order valence-corrected chi connectivity index (χ0v) is 15.1. The Kier molecular flexibility index (Phi) is 5.37. The van der Waals surface area contributed by atoms with Gasteiger partial charge in [-0.3, -0.25) is 4.79 Å². The third-order valence-electron chi connectivity index (χ3n) is 2.47. The van der Waals surface area contributed by atoms with Crippen molar-refractivity contribution < 1.29 is 4.79 Å². The summed E-state index contributed by atoms with van der Waals surface area (Å²) in [4.78, 5) is 12.1. The van der Waals surface area contributed by atoms with Crippen LogP contribution in [0.5, 0.6) is 0 Å². The summed E-state index contributed by atoms with van der Waals surface area (Å²) in [6.07, 6.45) is 0. The van der Waals surface area contributed by atoms with E-state index in [1.54, 1.807) is 30.3 Å². The largest absolute Gasteiger partial charge is 0.321 e. The molecule has 0 heterocycles. The molecular weight excluding hydrogens is 452 g/mol. The first-order valence-corrected chi connectivity index (χ1v) is 8.02. The normalized spacial score (nSPS) is 10.4. The molecule has 2 nitrogen and oxygen atoms in total. The van der Waals surface area contributed by atoms with E-state index in [2.05, 4.69) is 37.2 Å². The van der Waals surface area contributed by atoms with Crippen LogP contribution in [0.2, 0.25) is 15.1 Å². The van der Waals surface area contributed by atoms with Crippen LogP contribution >= 0.6 is 66.7 Å². The van der Waals surface area contributed by atoms with Gasteiger partial charge >= 0.3 is 0 Å². The molecule has 20 heavy (non-hydrogen) atoms. The molecule has 0 saturated heterocycles. The molecule has 0 fully saturated rings. The van der Waals surface area contributed by atoms with Crippen LogP contribution in [0.15, 0.2) is 39.3 Å². The minimum atomic E-state index is -0.303. The summed E-state index contributed by atoms with van der Waals surface area (Å²) in [6, 6.07) is 8.27. The summed E-state index contributed by atoms with van der Waals surface area (Å²) in [7, 11) is 0. The Morgan fingerprint density at radius 2 is 1.65 bits per heavy atom. The van der Waals surface area contributed by atoms with Gasteiger partial charge in [0.05, 0.1) is 20.8 Å². The smallest absolute Gasteiger partial charge is 0.255 e. The van der Waals surface area contributed by atoms with Crippen molar-refractivity contribution in [2.24, 2.45) is 0 Å². The van der Waals surface area contributed by atoms with Crippen LogP contribution in [0.25, 0.3) is 0 Å². The van der Waals surface area contributed by atoms with Crippen molar-refractivity contribution in [2.45, 2.75) is 0 Å². The summed E-state index contributed by atoms with van der Waals surface area (Å²) < 4.78 is 1.31. The predicted molar refractivity (Wildman–Crippen MR) is 91.3 cm³/mol. The topological polar surface area (TPSA) is 29.1 Å². The molecule has 1 N–H and O–H groups in total. The number of nitrogens with one attached hydrogen (secondary N) is 1. The Morgan fingerprint density at radius 1 is 0.950 bits per heavy atom. The second-order valence-electron chi connectivity index (χ2n) is 3.81. The van der Waals surface area contributed by atoms with Crippen molar-refractivity contribution in [1.29, 1.82) is 0 Å². The van der Waals surface area contributed by atoms with Crippen molar-refractivity contribution in [3.63, 3.8) is 0 Å². The maximum absolute atomic E-state index is 12.1. The monoisotopic (exact) mass is 455 g/mol. The Bertz CT molecular complexity index is 692. The number of carbonyl (C=O) groups is 1. The summed E-state index contributed by atoms with van der Waals surface area (Å²) in [6.45, 7) is 0. The first-order chi connectivity index (χ1) is 9.40. The molecule has 1 amide bonds. The van der Waals surface area contributed by atoms with E-state index in [1.165, 1.54) is 0 Å². The van der Waals surface area contributed by atoms with E-state index in [9.17, 15) is 4.79 Å². The number of rotatable bonds is 2. The van der Waals surface area contributed by atoms with Crippen LogP contribution in [0, 0.1) is 0 Å². The Hall–Kier alpha value is -0.260. The SMILES string of the molecule is O=C(Nc1ccc(Br)c(Cl)c1Cl)c1ccc(Cl)c(Br)c1. The molecule has 0 unspecified atom stereocenters. The van der Waals surface area contributed by atoms with Crippen LogP contribution in [-0.4, -0.2) is 5.91 Å². The highest BCUT2D eigenvalue weighted by atomic mass is 79.9. The van der Waals surface area contributed by atoms with Crippen LogP contribution in [0.3, 0.4) is 0 Å². The molecule has 0 aliphatic rings. The minimum Gasteiger partial charge on any atom is -0.321 e. The van der Waals surface area contributed by atoms with Gasteiger partial charge in [-0.25, -0.2) is 0 Å². The predicted octanol–water partition coefficient (Wildman–Crippen LogP) is 6.42. The van der Waals surface area contributed by atoms with Gasteiger partial charge in [-0.1, -0.05) is 34.8 Å². The molecule has 0 saturated carbocycles. The molecule has 7 heteroatoms. The number of halogens is 5. The molecular formula is C13H6Br2Cl3NO. The lowest BCUT2D eigenvalue weighted by molar-refractivity contribution is 0.102. The lowest BCUT2D eigenvalue weighted by Crippen LogP contribution is -2.12. The van der Waals surface area contributed by atoms with E-state index >= 15 is 0 Å². The van der Waals surface area contributed by atoms with Gasteiger partial charge in [-0.2, -0.15) is 0 Å². The molecule has 0 atom stereocenters. The fourth-order valence-corrected chi connectivity index (χ4v) is 2.77. The highest BCUT2D eigenvalue weighted by Gasteiger charge is 2.13. The summed E-state index contributed by atoms with van der Waals surface area (Å²) >= 11 is 24.5. The third-order valence-corrected chi connectivity index (χ3v) is 5.45. The second kappa shape index (κ2) is 6.67. The molecule has 0 bridgehead atoms. The maximum atomic E-state index is 12.1. The number of hydrogen-bond acceptors (Lipinski definition) is 1. The molecule has 2 aromatic rings. The number of amides is 1. The first kappa shape index (κ1) is 16.1. The zero-order chi connectivity index (χ0) is 14.9. The standard InChI is InChI=1S/C13H6Br2Cl3NO/c14-7-2-4-10(12(18)11(7)17)19-13(20)6-1-3-9(16)8(15)5-6/h1-5H,(H,19,20). The molecule has 104 valence electrons. The average Bonchev–Trinajstić information content (AvgIpc) is 2.42. The van der Waals surface area contributed by atoms with E-state index in [4.69, 9.17) is 34.8 Å². The van der Waals surface area contributed by atoms with Crippen molar-refractivity contribution in [1.82, 2.24) is 0 Å². The fraction of sp³-hybridized carbons (Fsp3) is 0. The van der Waals surface area contributed by atoms with Crippen LogP contribution in [0.4, 0.5) is 5.69 Å². The highest BCUT2D eigenvalue weighted by molar-refractivity contribution is 9.10. The van der Waals surface area contributed by atoms with Gasteiger partial charge in [0.15, 0.2) is 0 Å². The summed E-state index contributed by atoms with van der Waals surface area (Å²) in [5, 5.41) is 3.86. The molecule has 0 aliphatic heterocycles. The Morgan fingerprint density at radius 3 is 2.30 bits per heavy atom. The van der Waals surface area contributed by atoms with Crippen molar-refractivity contribution >= 4 is 78.3 Å². The van der Waals surface area contributed by atoms with E-state index in [1.807, 2.05) is 0 Å². The summed E-state index contributed by atoms with van der Waals surface area (Å²) in [5.74, 6) is -0.303. The van der Waals surface area contributed by atoms with E-state index in [-0.39, 0.29) is 10.9 Å². The average molecular weight is 458 g/mol. The molecule has 2 rings (SSSR count). The van der Waals surface area contributed by atoms with Crippen LogP contribution in [0.1, 0.15) is 10.4 Å². The number of benzene rings is 2. The van der Waals surface area contributed by atoms with E-state index in [0.717, 1.165) is 0 Å². The van der Waals surface area contributed by atoms with Gasteiger partial charge in [0, 0.05) is 14.5 Å². The summed E-state index contributed by atoms with van der Waals surface area (Å²) in [5.41, 5.74) is 0.896. The quantitative estimate of drug-likeness (QED) is 0.517. The van der Waals surface area contributed by atoms with Crippen molar-refractivity contribution in [3.8, 4) is 0 Å². The molecule has 0 spiro atoms. The minimum absolute atomic E-state index is 0.280. The Labute approximate surface area is 147 Å². The van der Waals surface area contributed by atoms with Crippen LogP contribution < -0.4 is 5.32 Å². The number of hydrogen-bond donors (Lipinski definition) is 1. The molecule has 2 aromatic carbocycles. The molecule has 0 aromatic heterocycles. The van der Waals surface area contributed by atoms with E-state index < -0.39 is 0 Å². The van der Waals surface area contributed by atoms with Crippen LogP contribution in [-0.2, 0) is 0 Å². The highest BCUT2D eigenvalue weighted by Crippen LogP contribution is 2.36. The lowest BCUT2D eigenvalue weighted by Gasteiger charge is -2.10. The van der Waals surface area contributed by atoms with Gasteiger partial charge in [0.25, 0.3) is 5.91 Å². The van der Waals surface area contributed by atoms with Gasteiger partial charge in [0.2, 0.25) is 0 Å². The fourth-order valence-electron chi connectivity index (χ4n) is 1.45. The zero-order valence-electron chi connectivity index (χ0n) is 9.68. The third kappa shape index (κ3) is 3.49. The Balaban J connectivity index is 2.28. The van der Waals surface area contributed by atoms with E-state index in [0.29, 0.717) is 30.2 Å². The van der Waals surface area contributed by atoms with Gasteiger partial charge in [-0.15, -0.1) is 0 Å². The van der Waals surface area contributed by atoms with Gasteiger partial charge in [0.1, 0.15) is 0 Å².